The summed E-state index contributed by atoms with van der Waals surface area (Å²) >= 11 is 3.34. The molecule has 0 atom stereocenters. The van der Waals surface area contributed by atoms with Crippen LogP contribution in [0.1, 0.15) is 21.3 Å². The average Bonchev–Trinajstić information content (AvgIpc) is 3.28. The predicted octanol–water partition coefficient (Wildman–Crippen LogP) is 3.76. The van der Waals surface area contributed by atoms with Gasteiger partial charge in [-0.2, -0.15) is 0 Å². The van der Waals surface area contributed by atoms with Crippen molar-refractivity contribution in [1.82, 2.24) is 20.6 Å². The molecule has 2 aromatic heterocycles. The fraction of sp³-hybridized carbons (Fsp3) is 0.316. The lowest BCUT2D eigenvalue weighted by atomic mass is 10.2. The third-order valence-electron chi connectivity index (χ3n) is 3.97. The highest BCUT2D eigenvalue weighted by Crippen LogP contribution is 2.25. The van der Waals surface area contributed by atoms with E-state index in [1.165, 1.54) is 4.88 Å². The molecule has 2 heterocycles. The Kier molecular flexibility index (Phi) is 6.41. The third-order valence-corrected chi connectivity index (χ3v) is 5.98. The van der Waals surface area contributed by atoms with Gasteiger partial charge in [0.25, 0.3) is 0 Å². The van der Waals surface area contributed by atoms with Gasteiger partial charge in [0.1, 0.15) is 10.8 Å². The van der Waals surface area contributed by atoms with Crippen LogP contribution in [0.4, 0.5) is 0 Å². The molecule has 0 spiro atoms. The van der Waals surface area contributed by atoms with E-state index in [0.717, 1.165) is 38.7 Å². The maximum absolute atomic E-state index is 5.20. The number of ether oxygens (including phenoxy) is 1. The topological polar surface area (TPSA) is 71.4 Å². The Labute approximate surface area is 167 Å². The zero-order valence-corrected chi connectivity index (χ0v) is 17.5. The monoisotopic (exact) mass is 401 g/mol. The van der Waals surface area contributed by atoms with Gasteiger partial charge in [0.2, 0.25) is 0 Å². The summed E-state index contributed by atoms with van der Waals surface area (Å²) in [4.78, 5) is 14.7. The van der Waals surface area contributed by atoms with E-state index in [1.807, 2.05) is 38.1 Å². The number of nitrogens with one attached hydrogen (secondary N) is 2. The molecule has 0 amide bonds. The van der Waals surface area contributed by atoms with Crippen LogP contribution in [-0.4, -0.2) is 30.1 Å². The van der Waals surface area contributed by atoms with E-state index in [-0.39, 0.29) is 0 Å². The Morgan fingerprint density at radius 2 is 1.85 bits per heavy atom. The first kappa shape index (κ1) is 19.3. The van der Waals surface area contributed by atoms with Crippen molar-refractivity contribution < 1.29 is 4.74 Å². The predicted molar refractivity (Wildman–Crippen MR) is 113 cm³/mol. The smallest absolute Gasteiger partial charge is 0.191 e. The number of aryl methyl sites for hydroxylation is 2. The molecule has 2 N–H and O–H groups in total. The van der Waals surface area contributed by atoms with E-state index < -0.39 is 0 Å². The van der Waals surface area contributed by atoms with Gasteiger partial charge in [-0.1, -0.05) is 0 Å². The van der Waals surface area contributed by atoms with Gasteiger partial charge in [0.15, 0.2) is 5.96 Å². The van der Waals surface area contributed by atoms with Gasteiger partial charge in [-0.25, -0.2) is 9.97 Å². The van der Waals surface area contributed by atoms with Crippen LogP contribution in [0.25, 0.3) is 10.6 Å². The highest BCUT2D eigenvalue weighted by Gasteiger charge is 2.08. The van der Waals surface area contributed by atoms with E-state index in [0.29, 0.717) is 13.1 Å². The van der Waals surface area contributed by atoms with Crippen LogP contribution in [0.2, 0.25) is 0 Å². The number of methoxy groups -OCH3 is 1. The molecule has 0 aliphatic rings. The summed E-state index contributed by atoms with van der Waals surface area (Å²) in [6, 6.07) is 7.94. The Morgan fingerprint density at radius 3 is 2.48 bits per heavy atom. The first-order valence-corrected chi connectivity index (χ1v) is 10.2. The van der Waals surface area contributed by atoms with E-state index in [2.05, 4.69) is 26.0 Å². The maximum atomic E-state index is 5.20. The van der Waals surface area contributed by atoms with Gasteiger partial charge in [0, 0.05) is 22.9 Å². The van der Waals surface area contributed by atoms with Gasteiger partial charge < -0.3 is 15.4 Å². The highest BCUT2D eigenvalue weighted by atomic mass is 32.1. The summed E-state index contributed by atoms with van der Waals surface area (Å²) in [5.41, 5.74) is 3.15. The number of rotatable bonds is 6. The molecule has 0 radical (unpaired) electrons. The number of aromatic nitrogens is 2. The summed E-state index contributed by atoms with van der Waals surface area (Å²) in [6.07, 6.45) is 0. The van der Waals surface area contributed by atoms with Crippen molar-refractivity contribution in [3.63, 3.8) is 0 Å². The van der Waals surface area contributed by atoms with Crippen LogP contribution >= 0.6 is 22.7 Å². The van der Waals surface area contributed by atoms with Crippen LogP contribution in [0.15, 0.2) is 34.6 Å². The minimum absolute atomic E-state index is 0.618. The average molecular weight is 402 g/mol. The zero-order valence-electron chi connectivity index (χ0n) is 15.9. The lowest BCUT2D eigenvalue weighted by Crippen LogP contribution is -2.36. The third kappa shape index (κ3) is 5.05. The number of benzene rings is 1. The van der Waals surface area contributed by atoms with Crippen molar-refractivity contribution in [1.29, 1.82) is 0 Å². The quantitative estimate of drug-likeness (QED) is 0.486. The standard InChI is InChI=1S/C19H23N5OS2/c1-12-17(27-13(2)23-12)10-22-19(20-3)21-9-15-11-26-18(24-15)14-5-7-16(25-4)8-6-14/h5-8,11H,9-10H2,1-4H3,(H2,20,21,22). The van der Waals surface area contributed by atoms with Crippen LogP contribution in [0.5, 0.6) is 5.75 Å². The van der Waals surface area contributed by atoms with Gasteiger partial charge in [-0.05, 0) is 38.1 Å². The second-order valence-electron chi connectivity index (χ2n) is 5.89. The van der Waals surface area contributed by atoms with Crippen LogP contribution in [-0.2, 0) is 13.1 Å². The van der Waals surface area contributed by atoms with Crippen LogP contribution in [0.3, 0.4) is 0 Å². The molecule has 0 saturated carbocycles. The number of hydrogen-bond donors (Lipinski definition) is 2. The summed E-state index contributed by atoms with van der Waals surface area (Å²) in [7, 11) is 3.43. The van der Waals surface area contributed by atoms with Crippen molar-refractivity contribution in [2.24, 2.45) is 4.99 Å². The van der Waals surface area contributed by atoms with E-state index in [9.17, 15) is 0 Å². The number of nitrogens with zero attached hydrogens (tertiary/aromatic N) is 3. The summed E-state index contributed by atoms with van der Waals surface area (Å²) in [6.45, 7) is 5.39. The lowest BCUT2D eigenvalue weighted by Gasteiger charge is -2.10. The molecule has 3 rings (SSSR count). The molecule has 6 nitrogen and oxygen atoms in total. The second-order valence-corrected chi connectivity index (χ2v) is 8.04. The van der Waals surface area contributed by atoms with E-state index >= 15 is 0 Å². The van der Waals surface area contributed by atoms with Crippen LogP contribution < -0.4 is 15.4 Å². The Balaban J connectivity index is 1.55. The Morgan fingerprint density at radius 1 is 1.11 bits per heavy atom. The summed E-state index contributed by atoms with van der Waals surface area (Å²) < 4.78 is 5.20. The molecule has 27 heavy (non-hydrogen) atoms. The number of aliphatic imine (C=N–C) groups is 1. The molecule has 0 fully saturated rings. The van der Waals surface area contributed by atoms with Gasteiger partial charge >= 0.3 is 0 Å². The molecule has 0 saturated heterocycles. The summed E-state index contributed by atoms with van der Waals surface area (Å²) in [5, 5.41) is 10.8. The fourth-order valence-corrected chi connectivity index (χ4v) is 4.25. The second kappa shape index (κ2) is 8.96. The molecule has 142 valence electrons. The van der Waals surface area contributed by atoms with Crippen molar-refractivity contribution in [2.45, 2.75) is 26.9 Å². The molecule has 0 unspecified atom stereocenters. The summed E-state index contributed by atoms with van der Waals surface area (Å²) in [5.74, 6) is 1.60. The van der Waals surface area contributed by atoms with Crippen molar-refractivity contribution in [2.75, 3.05) is 14.2 Å². The number of guanidine groups is 1. The zero-order chi connectivity index (χ0) is 19.2. The van der Waals surface area contributed by atoms with Gasteiger partial charge in [-0.15, -0.1) is 22.7 Å². The minimum atomic E-state index is 0.618. The molecule has 0 aliphatic heterocycles. The molecular formula is C19H23N5OS2. The van der Waals surface area contributed by atoms with Crippen molar-refractivity contribution in [3.8, 4) is 16.3 Å². The Bertz CT molecular complexity index is 915. The van der Waals surface area contributed by atoms with E-state index in [4.69, 9.17) is 9.72 Å². The van der Waals surface area contributed by atoms with Crippen molar-refractivity contribution in [3.05, 3.63) is 50.9 Å². The highest BCUT2D eigenvalue weighted by molar-refractivity contribution is 7.13. The van der Waals surface area contributed by atoms with Crippen molar-refractivity contribution >= 4 is 28.6 Å². The largest absolute Gasteiger partial charge is 0.497 e. The first-order chi connectivity index (χ1) is 13.1. The maximum Gasteiger partial charge on any atom is 0.191 e. The van der Waals surface area contributed by atoms with E-state index in [1.54, 1.807) is 36.8 Å². The number of hydrogen-bond acceptors (Lipinski definition) is 6. The fourth-order valence-electron chi connectivity index (χ4n) is 2.55. The SMILES string of the molecule is CN=C(NCc1csc(-c2ccc(OC)cc2)n1)NCc1sc(C)nc1C. The number of thiazole rings is 2. The van der Waals surface area contributed by atoms with Gasteiger partial charge in [-0.3, -0.25) is 4.99 Å². The Hall–Kier alpha value is -2.45. The molecule has 3 aromatic rings. The molecule has 0 bridgehead atoms. The van der Waals surface area contributed by atoms with Gasteiger partial charge in [0.05, 0.1) is 36.6 Å². The lowest BCUT2D eigenvalue weighted by molar-refractivity contribution is 0.415. The molecular weight excluding hydrogens is 378 g/mol. The first-order valence-electron chi connectivity index (χ1n) is 8.55. The molecule has 8 heteroatoms. The minimum Gasteiger partial charge on any atom is -0.497 e. The molecule has 1 aromatic carbocycles. The van der Waals surface area contributed by atoms with Crippen LogP contribution in [0, 0.1) is 13.8 Å². The molecule has 0 aliphatic carbocycles. The normalized spacial score (nSPS) is 11.5.